The fraction of sp³-hybridized carbons (Fsp3) is 0.778. The van der Waals surface area contributed by atoms with Gasteiger partial charge in [-0.3, -0.25) is 4.79 Å². The molecular formula is C36H64O6. The van der Waals surface area contributed by atoms with Gasteiger partial charge in [-0.15, -0.1) is 0 Å². The fourth-order valence-electron chi connectivity index (χ4n) is 5.04. The molecule has 0 radical (unpaired) electrons. The lowest BCUT2D eigenvalue weighted by molar-refractivity contribution is -0.136. The van der Waals surface area contributed by atoms with Gasteiger partial charge in [-0.05, 0) is 40.4 Å². The second kappa shape index (κ2) is 22.3. The summed E-state index contributed by atoms with van der Waals surface area (Å²) in [5, 5.41) is 27.7. The number of aryl methyl sites for hydroxylation is 1. The number of benzene rings is 1. The Balaban J connectivity index is 0.000000803. The maximum Gasteiger partial charge on any atom is 0.505 e. The van der Waals surface area contributed by atoms with E-state index >= 15 is 0 Å². The predicted molar refractivity (Wildman–Crippen MR) is 175 cm³/mol. The third kappa shape index (κ3) is 20.6. The average molecular weight is 593 g/mol. The zero-order valence-corrected chi connectivity index (χ0v) is 28.2. The summed E-state index contributed by atoms with van der Waals surface area (Å²) in [4.78, 5) is 20.9. The number of carbonyl (C=O) groups is 2. The topological polar surface area (TPSA) is 104 Å². The van der Waals surface area contributed by atoms with Gasteiger partial charge in [-0.25, -0.2) is 4.79 Å². The Labute approximate surface area is 257 Å². The van der Waals surface area contributed by atoms with E-state index in [1.54, 1.807) is 0 Å². The first-order chi connectivity index (χ1) is 19.7. The van der Waals surface area contributed by atoms with Crippen molar-refractivity contribution in [2.24, 2.45) is 0 Å². The molecule has 0 atom stereocenters. The monoisotopic (exact) mass is 592 g/mol. The highest BCUT2D eigenvalue weighted by Gasteiger charge is 2.26. The van der Waals surface area contributed by atoms with Crippen LogP contribution in [0.4, 0.5) is 4.79 Å². The molecule has 3 N–H and O–H groups in total. The van der Waals surface area contributed by atoms with E-state index in [1.807, 2.05) is 12.1 Å². The zero-order valence-electron chi connectivity index (χ0n) is 28.2. The molecule has 0 saturated carbocycles. The molecule has 0 heterocycles. The summed E-state index contributed by atoms with van der Waals surface area (Å²) in [6.07, 6.45) is 20.7. The minimum absolute atomic E-state index is 0.109. The quantitative estimate of drug-likeness (QED) is 0.103. The van der Waals surface area contributed by atoms with Crippen molar-refractivity contribution in [1.29, 1.82) is 0 Å². The Morgan fingerprint density at radius 2 is 1.00 bits per heavy atom. The molecule has 1 aromatic rings. The van der Waals surface area contributed by atoms with Gasteiger partial charge in [0, 0.05) is 6.42 Å². The van der Waals surface area contributed by atoms with Crippen molar-refractivity contribution in [3.8, 4) is 5.75 Å². The predicted octanol–water partition coefficient (Wildman–Crippen LogP) is 10.9. The highest BCUT2D eigenvalue weighted by Crippen LogP contribution is 2.40. The van der Waals surface area contributed by atoms with E-state index in [9.17, 15) is 14.7 Å². The Hall–Kier alpha value is -2.24. The molecule has 0 saturated heterocycles. The molecule has 0 fully saturated rings. The van der Waals surface area contributed by atoms with Crippen LogP contribution in [0.2, 0.25) is 0 Å². The van der Waals surface area contributed by atoms with Crippen molar-refractivity contribution in [3.63, 3.8) is 0 Å². The fourth-order valence-corrected chi connectivity index (χ4v) is 5.04. The Bertz CT molecular complexity index is 828. The number of phenolic OH excluding ortho intramolecular Hbond substituents is 1. The van der Waals surface area contributed by atoms with Crippen molar-refractivity contribution in [2.45, 2.75) is 175 Å². The van der Waals surface area contributed by atoms with Gasteiger partial charge in [0.15, 0.2) is 0 Å². The van der Waals surface area contributed by atoms with Crippen LogP contribution in [0, 0.1) is 0 Å². The molecule has 6 heteroatoms. The van der Waals surface area contributed by atoms with E-state index in [0.717, 1.165) is 29.5 Å². The normalized spacial score (nSPS) is 11.6. The lowest BCUT2D eigenvalue weighted by Gasteiger charge is -2.28. The summed E-state index contributed by atoms with van der Waals surface area (Å²) in [6.45, 7) is 14.9. The summed E-state index contributed by atoms with van der Waals surface area (Å²) in [6, 6.07) is 3.88. The van der Waals surface area contributed by atoms with Crippen molar-refractivity contribution >= 4 is 12.1 Å². The number of aromatic hydroxyl groups is 1. The second-order valence-electron chi connectivity index (χ2n) is 13.9. The third-order valence-electron chi connectivity index (χ3n) is 7.64. The first-order valence-corrected chi connectivity index (χ1v) is 16.6. The number of phenols is 1. The number of carboxylic acids is 1. The number of ether oxygens (including phenoxy) is 1. The van der Waals surface area contributed by atoms with Crippen LogP contribution in [0.15, 0.2) is 12.1 Å². The van der Waals surface area contributed by atoms with Gasteiger partial charge in [-0.1, -0.05) is 157 Å². The molecule has 0 aliphatic rings. The van der Waals surface area contributed by atoms with E-state index in [0.29, 0.717) is 18.8 Å². The van der Waals surface area contributed by atoms with Gasteiger partial charge in [0.25, 0.3) is 0 Å². The third-order valence-corrected chi connectivity index (χ3v) is 7.64. The lowest BCUT2D eigenvalue weighted by Crippen LogP contribution is -2.18. The van der Waals surface area contributed by atoms with Gasteiger partial charge in [-0.2, -0.15) is 0 Å². The summed E-state index contributed by atoms with van der Waals surface area (Å²) >= 11 is 0. The standard InChI is InChI=1S/C19H38O3.C17H26O3/c1-2-3-4-5-6-7-8-9-10-11-12-13-14-15-16-17-18-22-19(20)21;1-16(2,3)12-9-11(7-8-14(18)19)10-13(15(12)20)17(4,5)6/h2-18H2,1H3,(H,20,21);9-10,20H,7-8H2,1-6H3,(H,18,19). The molecule has 0 aromatic heterocycles. The number of aliphatic carboxylic acids is 1. The number of rotatable bonds is 20. The van der Waals surface area contributed by atoms with E-state index in [4.69, 9.17) is 10.2 Å². The molecule has 1 aromatic carbocycles. The van der Waals surface area contributed by atoms with Crippen LogP contribution in [-0.2, 0) is 26.8 Å². The SMILES string of the molecule is CC(C)(C)c1cc(CCC(=O)O)cc(C(C)(C)C)c1O.CCCCCCCCCCCCCCCCCCOC(=O)O. The molecule has 0 amide bonds. The summed E-state index contributed by atoms with van der Waals surface area (Å²) in [5.41, 5.74) is 2.38. The highest BCUT2D eigenvalue weighted by molar-refractivity contribution is 5.67. The van der Waals surface area contributed by atoms with Crippen LogP contribution in [0.25, 0.3) is 0 Å². The van der Waals surface area contributed by atoms with Crippen LogP contribution in [-0.4, -0.2) is 34.1 Å². The van der Waals surface area contributed by atoms with E-state index in [2.05, 4.69) is 53.2 Å². The van der Waals surface area contributed by atoms with Crippen molar-refractivity contribution < 1.29 is 29.6 Å². The molecule has 244 valence electrons. The smallest absolute Gasteiger partial charge is 0.505 e. The van der Waals surface area contributed by atoms with Crippen LogP contribution >= 0.6 is 0 Å². The lowest BCUT2D eigenvalue weighted by atomic mass is 9.78. The molecule has 0 spiro atoms. The van der Waals surface area contributed by atoms with E-state index < -0.39 is 12.1 Å². The minimum Gasteiger partial charge on any atom is -0.507 e. The molecule has 0 unspecified atom stereocenters. The molecule has 1 rings (SSSR count). The van der Waals surface area contributed by atoms with Crippen LogP contribution in [0.5, 0.6) is 5.75 Å². The summed E-state index contributed by atoms with van der Waals surface area (Å²) in [7, 11) is 0. The first-order valence-electron chi connectivity index (χ1n) is 16.6. The number of unbranched alkanes of at least 4 members (excludes halogenated alkanes) is 15. The molecule has 0 aliphatic carbocycles. The van der Waals surface area contributed by atoms with E-state index in [-0.39, 0.29) is 17.3 Å². The van der Waals surface area contributed by atoms with Crippen molar-refractivity contribution in [3.05, 3.63) is 28.8 Å². The van der Waals surface area contributed by atoms with Crippen molar-refractivity contribution in [2.75, 3.05) is 6.61 Å². The molecule has 42 heavy (non-hydrogen) atoms. The van der Waals surface area contributed by atoms with Gasteiger partial charge < -0.3 is 20.1 Å². The molecule has 0 bridgehead atoms. The minimum atomic E-state index is -1.15. The maximum absolute atomic E-state index is 10.8. The Kier molecular flexibility index (Phi) is 21.1. The number of hydrogen-bond acceptors (Lipinski definition) is 4. The summed E-state index contributed by atoms with van der Waals surface area (Å²) in [5.74, 6) is -0.461. The van der Waals surface area contributed by atoms with Crippen LogP contribution < -0.4 is 0 Å². The second-order valence-corrected chi connectivity index (χ2v) is 13.9. The molecule has 6 nitrogen and oxygen atoms in total. The Morgan fingerprint density at radius 3 is 1.31 bits per heavy atom. The average Bonchev–Trinajstić information content (AvgIpc) is 2.88. The van der Waals surface area contributed by atoms with Gasteiger partial charge in [0.2, 0.25) is 0 Å². The van der Waals surface area contributed by atoms with Crippen molar-refractivity contribution in [1.82, 2.24) is 0 Å². The first kappa shape index (κ1) is 39.8. The van der Waals surface area contributed by atoms with Gasteiger partial charge in [0.05, 0.1) is 6.61 Å². The Morgan fingerprint density at radius 1 is 0.643 bits per heavy atom. The number of carboxylic acid groups (broad SMARTS) is 2. The van der Waals surface area contributed by atoms with E-state index in [1.165, 1.54) is 89.9 Å². The molecule has 0 aliphatic heterocycles. The van der Waals surface area contributed by atoms with Crippen LogP contribution in [0.1, 0.15) is 174 Å². The summed E-state index contributed by atoms with van der Waals surface area (Å²) < 4.78 is 4.48. The maximum atomic E-state index is 10.8. The van der Waals surface area contributed by atoms with Gasteiger partial charge >= 0.3 is 12.1 Å². The zero-order chi connectivity index (χ0) is 32.0. The molecular weight excluding hydrogens is 528 g/mol. The number of hydrogen-bond donors (Lipinski definition) is 3. The van der Waals surface area contributed by atoms with Gasteiger partial charge in [0.1, 0.15) is 5.75 Å². The van der Waals surface area contributed by atoms with Crippen LogP contribution in [0.3, 0.4) is 0 Å². The largest absolute Gasteiger partial charge is 0.507 e. The highest BCUT2D eigenvalue weighted by atomic mass is 16.7.